The summed E-state index contributed by atoms with van der Waals surface area (Å²) in [6.45, 7) is 7.76. The lowest BCUT2D eigenvalue weighted by molar-refractivity contribution is 0.0950. The molecule has 0 aliphatic carbocycles. The molecular weight excluding hydrogens is 272 g/mol. The topological polar surface area (TPSA) is 48.5 Å². The van der Waals surface area contributed by atoms with Crippen molar-refractivity contribution in [2.75, 3.05) is 39.1 Å². The van der Waals surface area contributed by atoms with Gasteiger partial charge in [0, 0.05) is 33.2 Å². The predicted octanol–water partition coefficient (Wildman–Crippen LogP) is 1.98. The van der Waals surface area contributed by atoms with Crippen molar-refractivity contribution in [3.63, 3.8) is 0 Å². The van der Waals surface area contributed by atoms with Gasteiger partial charge in [0.1, 0.15) is 4.88 Å². The third-order valence-corrected chi connectivity index (χ3v) is 4.79. The number of carbonyl (C=O) groups excluding carboxylic acids is 1. The van der Waals surface area contributed by atoms with E-state index in [4.69, 9.17) is 0 Å². The molecule has 20 heavy (non-hydrogen) atoms. The zero-order chi connectivity index (χ0) is 15.3. The van der Waals surface area contributed by atoms with E-state index in [1.54, 1.807) is 0 Å². The van der Waals surface area contributed by atoms with E-state index in [2.05, 4.69) is 36.1 Å². The highest BCUT2D eigenvalue weighted by Gasteiger charge is 2.16. The maximum absolute atomic E-state index is 12.1. The predicted molar refractivity (Wildman–Crippen MR) is 85.9 cm³/mol. The zero-order valence-electron chi connectivity index (χ0n) is 13.4. The van der Waals surface area contributed by atoms with E-state index >= 15 is 0 Å². The fourth-order valence-corrected chi connectivity index (χ4v) is 2.65. The molecule has 1 atom stereocenters. The summed E-state index contributed by atoms with van der Waals surface area (Å²) in [5.74, 6) is -0.0225. The quantitative estimate of drug-likeness (QED) is 0.836. The Morgan fingerprint density at radius 1 is 1.40 bits per heavy atom. The van der Waals surface area contributed by atoms with Gasteiger partial charge < -0.3 is 15.1 Å². The minimum atomic E-state index is -0.0225. The fraction of sp³-hybridized carbons (Fsp3) is 0.714. The first-order chi connectivity index (χ1) is 9.36. The normalized spacial score (nSPS) is 12.6. The minimum absolute atomic E-state index is 0.0225. The summed E-state index contributed by atoms with van der Waals surface area (Å²) in [7, 11) is 5.95. The average molecular weight is 298 g/mol. The first-order valence-corrected chi connectivity index (χ1v) is 7.81. The zero-order valence-corrected chi connectivity index (χ0v) is 14.2. The SMILES string of the molecule is CCC(C)N(C)CCNC(=O)c1sc(N(C)C)nc1C. The molecule has 0 saturated heterocycles. The molecule has 5 nitrogen and oxygen atoms in total. The van der Waals surface area contributed by atoms with Crippen LogP contribution in [0.4, 0.5) is 5.13 Å². The van der Waals surface area contributed by atoms with Crippen LogP contribution in [-0.2, 0) is 0 Å². The number of nitrogens with one attached hydrogen (secondary N) is 1. The Labute approximate surface area is 126 Å². The maximum atomic E-state index is 12.1. The Morgan fingerprint density at radius 3 is 2.55 bits per heavy atom. The van der Waals surface area contributed by atoms with Crippen LogP contribution in [0, 0.1) is 6.92 Å². The van der Waals surface area contributed by atoms with Crippen LogP contribution in [0.1, 0.15) is 35.6 Å². The Morgan fingerprint density at radius 2 is 2.05 bits per heavy atom. The summed E-state index contributed by atoms with van der Waals surface area (Å²) < 4.78 is 0. The number of aromatic nitrogens is 1. The van der Waals surface area contributed by atoms with Crippen LogP contribution in [-0.4, -0.2) is 56.1 Å². The van der Waals surface area contributed by atoms with Gasteiger partial charge in [-0.1, -0.05) is 18.3 Å². The van der Waals surface area contributed by atoms with Crippen molar-refractivity contribution in [1.82, 2.24) is 15.2 Å². The standard InChI is InChI=1S/C14H26N4OS/c1-7-10(2)18(6)9-8-15-13(19)12-11(3)16-14(20-12)17(4)5/h10H,7-9H2,1-6H3,(H,15,19). The minimum Gasteiger partial charge on any atom is -0.354 e. The average Bonchev–Trinajstić information content (AvgIpc) is 2.79. The molecule has 1 heterocycles. The van der Waals surface area contributed by atoms with Crippen molar-refractivity contribution in [3.05, 3.63) is 10.6 Å². The first kappa shape index (κ1) is 16.9. The summed E-state index contributed by atoms with van der Waals surface area (Å²) in [5, 5.41) is 3.84. The van der Waals surface area contributed by atoms with Crippen molar-refractivity contribution < 1.29 is 4.79 Å². The Balaban J connectivity index is 2.51. The third-order valence-electron chi connectivity index (χ3n) is 3.47. The van der Waals surface area contributed by atoms with Crippen molar-refractivity contribution in [1.29, 1.82) is 0 Å². The number of hydrogen-bond donors (Lipinski definition) is 1. The van der Waals surface area contributed by atoms with Crippen molar-refractivity contribution in [3.8, 4) is 0 Å². The molecule has 1 amide bonds. The monoisotopic (exact) mass is 298 g/mol. The smallest absolute Gasteiger partial charge is 0.263 e. The van der Waals surface area contributed by atoms with Gasteiger partial charge >= 0.3 is 0 Å². The summed E-state index contributed by atoms with van der Waals surface area (Å²) in [6, 6.07) is 0.539. The second-order valence-corrected chi connectivity index (χ2v) is 6.28. The number of amides is 1. The molecule has 0 bridgehead atoms. The number of anilines is 1. The molecule has 0 aliphatic rings. The molecule has 114 valence electrons. The molecule has 0 radical (unpaired) electrons. The number of carbonyl (C=O) groups is 1. The highest BCUT2D eigenvalue weighted by molar-refractivity contribution is 7.17. The second kappa shape index (κ2) is 7.59. The van der Waals surface area contributed by atoms with Crippen LogP contribution in [0.2, 0.25) is 0 Å². The molecule has 0 spiro atoms. The number of aryl methyl sites for hydroxylation is 1. The van der Waals surface area contributed by atoms with Crippen molar-refractivity contribution in [2.45, 2.75) is 33.2 Å². The molecule has 1 rings (SSSR count). The summed E-state index contributed by atoms with van der Waals surface area (Å²) in [4.78, 5) is 21.4. The van der Waals surface area contributed by atoms with Crippen molar-refractivity contribution in [2.24, 2.45) is 0 Å². The number of rotatable bonds is 7. The van der Waals surface area contributed by atoms with Gasteiger partial charge in [-0.05, 0) is 27.3 Å². The van der Waals surface area contributed by atoms with E-state index in [9.17, 15) is 4.79 Å². The van der Waals surface area contributed by atoms with E-state index in [0.29, 0.717) is 17.5 Å². The molecule has 1 N–H and O–H groups in total. The molecule has 0 saturated carbocycles. The molecule has 0 fully saturated rings. The van der Waals surface area contributed by atoms with Crippen LogP contribution in [0.25, 0.3) is 0 Å². The van der Waals surface area contributed by atoms with Crippen molar-refractivity contribution >= 4 is 22.4 Å². The van der Waals surface area contributed by atoms with Crippen LogP contribution < -0.4 is 10.2 Å². The van der Waals surface area contributed by atoms with Gasteiger partial charge in [0.05, 0.1) is 5.69 Å². The van der Waals surface area contributed by atoms with Gasteiger partial charge in [0.2, 0.25) is 0 Å². The first-order valence-electron chi connectivity index (χ1n) is 7.00. The van der Waals surface area contributed by atoms with E-state index in [-0.39, 0.29) is 5.91 Å². The summed E-state index contributed by atoms with van der Waals surface area (Å²) in [6.07, 6.45) is 1.12. The molecular formula is C14H26N4OS. The number of thiazole rings is 1. The highest BCUT2D eigenvalue weighted by Crippen LogP contribution is 2.24. The van der Waals surface area contributed by atoms with Crippen LogP contribution in [0.5, 0.6) is 0 Å². The van der Waals surface area contributed by atoms with Gasteiger partial charge in [0.25, 0.3) is 5.91 Å². The lowest BCUT2D eigenvalue weighted by atomic mass is 10.2. The molecule has 0 aliphatic heterocycles. The Hall–Kier alpha value is -1.14. The largest absolute Gasteiger partial charge is 0.354 e. The van der Waals surface area contributed by atoms with E-state index in [0.717, 1.165) is 23.8 Å². The Bertz CT molecular complexity index is 444. The van der Waals surface area contributed by atoms with Crippen LogP contribution >= 0.6 is 11.3 Å². The lowest BCUT2D eigenvalue weighted by Crippen LogP contribution is -2.37. The lowest BCUT2D eigenvalue weighted by Gasteiger charge is -2.23. The summed E-state index contributed by atoms with van der Waals surface area (Å²) in [5.41, 5.74) is 0.798. The van der Waals surface area contributed by atoms with E-state index in [1.165, 1.54) is 11.3 Å². The molecule has 6 heteroatoms. The summed E-state index contributed by atoms with van der Waals surface area (Å²) >= 11 is 1.43. The van der Waals surface area contributed by atoms with E-state index < -0.39 is 0 Å². The van der Waals surface area contributed by atoms with Gasteiger partial charge in [-0.2, -0.15) is 0 Å². The van der Waals surface area contributed by atoms with Crippen LogP contribution in [0.15, 0.2) is 0 Å². The van der Waals surface area contributed by atoms with Crippen LogP contribution in [0.3, 0.4) is 0 Å². The molecule has 0 aromatic carbocycles. The maximum Gasteiger partial charge on any atom is 0.263 e. The Kier molecular flexibility index (Phi) is 6.42. The third kappa shape index (κ3) is 4.45. The van der Waals surface area contributed by atoms with Gasteiger partial charge in [0.15, 0.2) is 5.13 Å². The molecule has 1 unspecified atom stereocenters. The van der Waals surface area contributed by atoms with E-state index in [1.807, 2.05) is 25.9 Å². The van der Waals surface area contributed by atoms with Gasteiger partial charge in [-0.15, -0.1) is 0 Å². The number of nitrogens with zero attached hydrogens (tertiary/aromatic N) is 3. The molecule has 1 aromatic heterocycles. The fourth-order valence-electron chi connectivity index (χ4n) is 1.74. The number of likely N-dealkylation sites (N-methyl/N-ethyl adjacent to an activating group) is 1. The second-order valence-electron chi connectivity index (χ2n) is 5.30. The van der Waals surface area contributed by atoms with Gasteiger partial charge in [-0.25, -0.2) is 4.98 Å². The van der Waals surface area contributed by atoms with Gasteiger partial charge in [-0.3, -0.25) is 4.79 Å². The molecule has 1 aromatic rings. The number of hydrogen-bond acceptors (Lipinski definition) is 5. The highest BCUT2D eigenvalue weighted by atomic mass is 32.1.